The third-order valence-electron chi connectivity index (χ3n) is 3.03. The average molecular weight is 229 g/mol. The highest BCUT2D eigenvalue weighted by molar-refractivity contribution is 5.91. The van der Waals surface area contributed by atoms with E-state index in [9.17, 15) is 4.79 Å². The van der Waals surface area contributed by atoms with Gasteiger partial charge in [-0.25, -0.2) is 0 Å². The summed E-state index contributed by atoms with van der Waals surface area (Å²) in [6, 6.07) is 8.13. The van der Waals surface area contributed by atoms with E-state index in [2.05, 4.69) is 16.7 Å². The lowest BCUT2D eigenvalue weighted by atomic mass is 10.1. The Morgan fingerprint density at radius 2 is 2.12 bits per heavy atom. The SMILES string of the molecule is Cc1c(/C=C/CC(=O)O)c2ccccc2n1C. The predicted molar refractivity (Wildman–Crippen MR) is 68.9 cm³/mol. The standard InChI is InChI=1S/C14H15NO2/c1-10-11(7-5-9-14(16)17)12-6-3-4-8-13(12)15(10)2/h3-8H,9H2,1-2H3,(H,16,17)/b7-5+. The number of hydrogen-bond donors (Lipinski definition) is 1. The summed E-state index contributed by atoms with van der Waals surface area (Å²) < 4.78 is 2.12. The average Bonchev–Trinajstić information content (AvgIpc) is 2.54. The molecule has 1 aromatic heterocycles. The quantitative estimate of drug-likeness (QED) is 0.879. The molecule has 0 fully saturated rings. The van der Waals surface area contributed by atoms with Gasteiger partial charge in [0.05, 0.1) is 6.42 Å². The van der Waals surface area contributed by atoms with Crippen molar-refractivity contribution in [3.63, 3.8) is 0 Å². The van der Waals surface area contributed by atoms with Crippen LogP contribution in [-0.2, 0) is 11.8 Å². The van der Waals surface area contributed by atoms with E-state index in [1.165, 1.54) is 5.52 Å². The summed E-state index contributed by atoms with van der Waals surface area (Å²) in [4.78, 5) is 10.5. The van der Waals surface area contributed by atoms with Gasteiger partial charge in [0.2, 0.25) is 0 Å². The molecule has 1 heterocycles. The monoisotopic (exact) mass is 229 g/mol. The molecule has 2 aromatic rings. The number of para-hydroxylation sites is 1. The molecule has 0 unspecified atom stereocenters. The van der Waals surface area contributed by atoms with E-state index >= 15 is 0 Å². The van der Waals surface area contributed by atoms with Gasteiger partial charge in [0.15, 0.2) is 0 Å². The van der Waals surface area contributed by atoms with Gasteiger partial charge in [-0.1, -0.05) is 30.4 Å². The number of aryl methyl sites for hydroxylation is 1. The summed E-state index contributed by atoms with van der Waals surface area (Å²) in [6.45, 7) is 2.04. The maximum Gasteiger partial charge on any atom is 0.307 e. The zero-order valence-corrected chi connectivity index (χ0v) is 9.97. The molecule has 0 saturated heterocycles. The molecule has 3 nitrogen and oxygen atoms in total. The molecule has 0 aliphatic heterocycles. The van der Waals surface area contributed by atoms with E-state index in [4.69, 9.17) is 5.11 Å². The van der Waals surface area contributed by atoms with Gasteiger partial charge < -0.3 is 9.67 Å². The summed E-state index contributed by atoms with van der Waals surface area (Å²) in [5.41, 5.74) is 3.41. The molecule has 0 aliphatic rings. The second-order valence-corrected chi connectivity index (χ2v) is 4.08. The van der Waals surface area contributed by atoms with E-state index < -0.39 is 5.97 Å². The van der Waals surface area contributed by atoms with Crippen molar-refractivity contribution in [3.05, 3.63) is 41.6 Å². The van der Waals surface area contributed by atoms with E-state index in [1.54, 1.807) is 6.08 Å². The molecule has 0 spiro atoms. The van der Waals surface area contributed by atoms with E-state index in [1.807, 2.05) is 32.2 Å². The fourth-order valence-corrected chi connectivity index (χ4v) is 2.04. The molecule has 17 heavy (non-hydrogen) atoms. The van der Waals surface area contributed by atoms with E-state index in [0.29, 0.717) is 0 Å². The van der Waals surface area contributed by atoms with Crippen LogP contribution in [0.4, 0.5) is 0 Å². The van der Waals surface area contributed by atoms with Gasteiger partial charge in [0.1, 0.15) is 0 Å². The van der Waals surface area contributed by atoms with Gasteiger partial charge in [0, 0.05) is 29.2 Å². The van der Waals surface area contributed by atoms with Gasteiger partial charge in [-0.05, 0) is 13.0 Å². The third kappa shape index (κ3) is 2.09. The van der Waals surface area contributed by atoms with E-state index in [-0.39, 0.29) is 6.42 Å². The van der Waals surface area contributed by atoms with Crippen molar-refractivity contribution in [2.24, 2.45) is 7.05 Å². The van der Waals surface area contributed by atoms with Crippen LogP contribution in [0.2, 0.25) is 0 Å². The van der Waals surface area contributed by atoms with Crippen molar-refractivity contribution in [3.8, 4) is 0 Å². The molecule has 0 radical (unpaired) electrons. The number of nitrogens with zero attached hydrogens (tertiary/aromatic N) is 1. The highest BCUT2D eigenvalue weighted by Crippen LogP contribution is 2.25. The minimum absolute atomic E-state index is 0.0582. The van der Waals surface area contributed by atoms with Crippen LogP contribution in [0.1, 0.15) is 17.7 Å². The Morgan fingerprint density at radius 1 is 1.41 bits per heavy atom. The van der Waals surface area contributed by atoms with Crippen LogP contribution in [0.25, 0.3) is 17.0 Å². The number of rotatable bonds is 3. The zero-order chi connectivity index (χ0) is 12.4. The highest BCUT2D eigenvalue weighted by atomic mass is 16.4. The first kappa shape index (κ1) is 11.5. The molecule has 0 bridgehead atoms. The van der Waals surface area contributed by atoms with Crippen LogP contribution in [0, 0.1) is 6.92 Å². The number of carboxylic acids is 1. The predicted octanol–water partition coefficient (Wildman–Crippen LogP) is 2.97. The molecule has 0 atom stereocenters. The largest absolute Gasteiger partial charge is 0.481 e. The van der Waals surface area contributed by atoms with Crippen molar-refractivity contribution in [1.29, 1.82) is 0 Å². The van der Waals surface area contributed by atoms with Crippen LogP contribution in [0.3, 0.4) is 0 Å². The Labute approximate surface area is 100.0 Å². The van der Waals surface area contributed by atoms with Crippen molar-refractivity contribution in [1.82, 2.24) is 4.57 Å². The van der Waals surface area contributed by atoms with Crippen molar-refractivity contribution in [2.75, 3.05) is 0 Å². The molecule has 0 saturated carbocycles. The first-order valence-corrected chi connectivity index (χ1v) is 5.53. The molecule has 0 amide bonds. The lowest BCUT2D eigenvalue weighted by molar-refractivity contribution is -0.135. The molecule has 3 heteroatoms. The smallest absolute Gasteiger partial charge is 0.307 e. The van der Waals surface area contributed by atoms with Crippen LogP contribution >= 0.6 is 0 Å². The zero-order valence-electron chi connectivity index (χ0n) is 9.97. The van der Waals surface area contributed by atoms with Gasteiger partial charge in [0.25, 0.3) is 0 Å². The Balaban J connectivity index is 2.50. The van der Waals surface area contributed by atoms with Crippen LogP contribution in [0.5, 0.6) is 0 Å². The molecule has 2 rings (SSSR count). The van der Waals surface area contributed by atoms with Crippen LogP contribution in [-0.4, -0.2) is 15.6 Å². The van der Waals surface area contributed by atoms with Gasteiger partial charge in [-0.3, -0.25) is 4.79 Å². The Bertz CT molecular complexity index is 594. The second kappa shape index (κ2) is 4.45. The van der Waals surface area contributed by atoms with Crippen LogP contribution < -0.4 is 0 Å². The number of carboxylic acid groups (broad SMARTS) is 1. The summed E-state index contributed by atoms with van der Waals surface area (Å²) in [7, 11) is 2.02. The van der Waals surface area contributed by atoms with Gasteiger partial charge >= 0.3 is 5.97 Å². The Hall–Kier alpha value is -2.03. The molecule has 1 N–H and O–H groups in total. The van der Waals surface area contributed by atoms with Gasteiger partial charge in [-0.15, -0.1) is 0 Å². The molecule has 1 aromatic carbocycles. The summed E-state index contributed by atoms with van der Waals surface area (Å²) in [5, 5.41) is 9.78. The number of fused-ring (bicyclic) bond motifs is 1. The van der Waals surface area contributed by atoms with Crippen LogP contribution in [0.15, 0.2) is 30.3 Å². The summed E-state index contributed by atoms with van der Waals surface area (Å²) in [5.74, 6) is -0.806. The number of benzene rings is 1. The second-order valence-electron chi connectivity index (χ2n) is 4.08. The van der Waals surface area contributed by atoms with Crippen molar-refractivity contribution >= 4 is 22.9 Å². The normalized spacial score (nSPS) is 11.4. The molecular formula is C14H15NO2. The Morgan fingerprint density at radius 3 is 2.82 bits per heavy atom. The third-order valence-corrected chi connectivity index (χ3v) is 3.03. The number of carbonyl (C=O) groups is 1. The van der Waals surface area contributed by atoms with Gasteiger partial charge in [-0.2, -0.15) is 0 Å². The number of aliphatic carboxylic acids is 1. The lowest BCUT2D eigenvalue weighted by Crippen LogP contribution is -1.91. The fraction of sp³-hybridized carbons (Fsp3) is 0.214. The first-order chi connectivity index (χ1) is 8.11. The first-order valence-electron chi connectivity index (χ1n) is 5.53. The Kier molecular flexibility index (Phi) is 3.00. The molecular weight excluding hydrogens is 214 g/mol. The maximum atomic E-state index is 10.5. The van der Waals surface area contributed by atoms with Crippen molar-refractivity contribution in [2.45, 2.75) is 13.3 Å². The fourth-order valence-electron chi connectivity index (χ4n) is 2.04. The molecule has 0 aliphatic carbocycles. The number of aromatic nitrogens is 1. The minimum Gasteiger partial charge on any atom is -0.481 e. The van der Waals surface area contributed by atoms with Crippen molar-refractivity contribution < 1.29 is 9.90 Å². The minimum atomic E-state index is -0.806. The van der Waals surface area contributed by atoms with E-state index in [0.717, 1.165) is 16.6 Å². The lowest BCUT2D eigenvalue weighted by Gasteiger charge is -1.97. The summed E-state index contributed by atoms with van der Waals surface area (Å²) in [6.07, 6.45) is 3.64. The summed E-state index contributed by atoms with van der Waals surface area (Å²) >= 11 is 0. The maximum absolute atomic E-state index is 10.5. The number of hydrogen-bond acceptors (Lipinski definition) is 1. The topological polar surface area (TPSA) is 42.2 Å². The molecule has 88 valence electrons. The highest BCUT2D eigenvalue weighted by Gasteiger charge is 2.08.